The molecule has 1 aliphatic carbocycles. The zero-order valence-electron chi connectivity index (χ0n) is 21.3. The first-order valence-electron chi connectivity index (χ1n) is 12.1. The average molecular weight is 590 g/mol. The smallest absolute Gasteiger partial charge is 0.314 e. The molecule has 0 spiro atoms. The van der Waals surface area contributed by atoms with Crippen LogP contribution >= 0.6 is 26.7 Å². The van der Waals surface area contributed by atoms with Crippen molar-refractivity contribution in [1.29, 1.82) is 0 Å². The van der Waals surface area contributed by atoms with Crippen LogP contribution in [-0.2, 0) is 11.3 Å². The van der Waals surface area contributed by atoms with Crippen molar-refractivity contribution in [3.8, 4) is 16.9 Å². The lowest BCUT2D eigenvalue weighted by molar-refractivity contribution is -0.884. The number of ketones is 1. The standard InChI is InChI=1S/C30H26BrN3O3S/c1-34(2,3)19-21-18-20(8-17-28(21)31)29-26-6-4-5-7-27(26)30(36)33(32-29)22-9-13-24(14-10-22)38(37)25-15-11-23(35)12-16-25/h4-18H,19H2,1-3H3/p+1. The molecule has 0 saturated heterocycles. The van der Waals surface area contributed by atoms with Crippen molar-refractivity contribution in [3.05, 3.63) is 111 Å². The molecule has 1 atom stereocenters. The molecule has 8 heteroatoms. The minimum Gasteiger partial charge on any atom is -0.799 e. The van der Waals surface area contributed by atoms with E-state index in [2.05, 4.69) is 48.2 Å². The van der Waals surface area contributed by atoms with Crippen LogP contribution in [0, 0.1) is 0 Å². The summed E-state index contributed by atoms with van der Waals surface area (Å²) in [5.74, 6) is -0.126. The van der Waals surface area contributed by atoms with Crippen LogP contribution in [0.15, 0.2) is 105 Å². The third-order valence-corrected chi connectivity index (χ3v) is 8.35. The van der Waals surface area contributed by atoms with Gasteiger partial charge in [-0.25, -0.2) is 10.8 Å². The molecule has 0 aliphatic heterocycles. The molecule has 38 heavy (non-hydrogen) atoms. The Morgan fingerprint density at radius 1 is 0.895 bits per heavy atom. The van der Waals surface area contributed by atoms with Crippen LogP contribution in [0.4, 0.5) is 0 Å². The molecule has 192 valence electrons. The van der Waals surface area contributed by atoms with E-state index in [0.717, 1.165) is 32.1 Å². The van der Waals surface area contributed by atoms with Crippen molar-refractivity contribution in [2.45, 2.75) is 11.4 Å². The van der Waals surface area contributed by atoms with Crippen LogP contribution in [0.1, 0.15) is 5.56 Å². The molecule has 0 amide bonds. The monoisotopic (exact) mass is 588 g/mol. The highest BCUT2D eigenvalue weighted by Crippen LogP contribution is 2.29. The lowest BCUT2D eigenvalue weighted by Gasteiger charge is -2.24. The molecular weight excluding hydrogens is 562 g/mol. The largest absolute Gasteiger partial charge is 0.799 e. The number of fused-ring (bicyclic) bond motifs is 1. The molecule has 0 saturated carbocycles. The van der Waals surface area contributed by atoms with Gasteiger partial charge in [-0.15, -0.1) is 5.10 Å². The Morgan fingerprint density at radius 3 is 2.21 bits per heavy atom. The number of hydrogen-bond acceptors (Lipinski definition) is 3. The van der Waals surface area contributed by atoms with Crippen molar-refractivity contribution in [2.75, 3.05) is 21.1 Å². The minimum atomic E-state index is -1.44. The molecule has 6 nitrogen and oxygen atoms in total. The van der Waals surface area contributed by atoms with Gasteiger partial charge in [0.25, 0.3) is 0 Å². The summed E-state index contributed by atoms with van der Waals surface area (Å²) in [5.41, 5.74) is 3.43. The highest BCUT2D eigenvalue weighted by atomic mass is 79.9. The number of carbonyl (C=O) groups excluding carboxylic acids is 1. The Kier molecular flexibility index (Phi) is 7.15. The number of benzene rings is 3. The van der Waals surface area contributed by atoms with Crippen molar-refractivity contribution in [3.63, 3.8) is 0 Å². The third-order valence-electron chi connectivity index (χ3n) is 6.18. The van der Waals surface area contributed by atoms with Gasteiger partial charge in [0.05, 0.1) is 31.9 Å². The second kappa shape index (κ2) is 10.4. The number of halogens is 1. The zero-order chi connectivity index (χ0) is 27.0. The summed E-state index contributed by atoms with van der Waals surface area (Å²) in [4.78, 5) is 26.1. The molecule has 1 heterocycles. The van der Waals surface area contributed by atoms with Crippen LogP contribution in [0.2, 0.25) is 0 Å². The quantitative estimate of drug-likeness (QED) is 0.241. The predicted molar refractivity (Wildman–Crippen MR) is 156 cm³/mol. The molecule has 5 rings (SSSR count). The van der Waals surface area contributed by atoms with E-state index in [1.807, 2.05) is 36.4 Å². The fourth-order valence-electron chi connectivity index (χ4n) is 4.41. The van der Waals surface area contributed by atoms with Crippen LogP contribution in [0.5, 0.6) is 0 Å². The lowest BCUT2D eigenvalue weighted by Crippen LogP contribution is -2.35. The number of nitrogens with one attached hydrogen (secondary N) is 1. The molecule has 1 aromatic heterocycles. The molecule has 1 unspecified atom stereocenters. The summed E-state index contributed by atoms with van der Waals surface area (Å²) in [5, 5.41) is 4.80. The number of rotatable bonds is 5. The van der Waals surface area contributed by atoms with Gasteiger partial charge in [-0.05, 0) is 88.7 Å². The van der Waals surface area contributed by atoms with Gasteiger partial charge in [0.2, 0.25) is 5.69 Å². The van der Waals surface area contributed by atoms with E-state index in [9.17, 15) is 14.1 Å². The fourth-order valence-corrected chi connectivity index (χ4v) is 5.82. The summed E-state index contributed by atoms with van der Waals surface area (Å²) in [6.07, 6.45) is 5.96. The molecule has 0 radical (unpaired) electrons. The summed E-state index contributed by atoms with van der Waals surface area (Å²) >= 11 is 3.69. The Labute approximate surface area is 232 Å². The van der Waals surface area contributed by atoms with Crippen LogP contribution < -0.4 is 10.7 Å². The number of quaternary nitrogens is 1. The lowest BCUT2D eigenvalue weighted by atomic mass is 10.0. The van der Waals surface area contributed by atoms with Gasteiger partial charge in [-0.2, -0.15) is 0 Å². The molecule has 1 N–H and O–H groups in total. The first-order valence-corrected chi connectivity index (χ1v) is 14.0. The van der Waals surface area contributed by atoms with Crippen molar-refractivity contribution >= 4 is 48.1 Å². The van der Waals surface area contributed by atoms with E-state index < -0.39 is 10.8 Å². The highest BCUT2D eigenvalue weighted by Gasteiger charge is 2.21. The number of aromatic amines is 1. The summed E-state index contributed by atoms with van der Waals surface area (Å²) in [7, 11) is 5.01. The molecule has 0 fully saturated rings. The minimum absolute atomic E-state index is 0.126. The Bertz CT molecular complexity index is 1710. The number of aromatic nitrogens is 2. The summed E-state index contributed by atoms with van der Waals surface area (Å²) < 4.78 is 16.3. The molecular formula is C30H27BrN3O3S+. The van der Waals surface area contributed by atoms with Crippen LogP contribution in [-0.4, -0.2) is 45.5 Å². The van der Waals surface area contributed by atoms with Crippen molar-refractivity contribution in [1.82, 2.24) is 4.68 Å². The maximum absolute atomic E-state index is 13.5. The number of H-pyrrole nitrogens is 1. The van der Waals surface area contributed by atoms with Crippen molar-refractivity contribution < 1.29 is 18.9 Å². The fraction of sp³-hybridized carbons (Fsp3) is 0.133. The molecule has 1 aliphatic rings. The van der Waals surface area contributed by atoms with E-state index in [4.69, 9.17) is 0 Å². The highest BCUT2D eigenvalue weighted by molar-refractivity contribution is 9.10. The maximum atomic E-state index is 13.5. The number of nitrogens with zero attached hydrogens (tertiary/aromatic N) is 2. The number of allylic oxidation sites excluding steroid dienone is 4. The van der Waals surface area contributed by atoms with Gasteiger partial charge < -0.3 is 9.04 Å². The van der Waals surface area contributed by atoms with Gasteiger partial charge in [-0.1, -0.05) is 32.7 Å². The molecule has 0 bridgehead atoms. The average Bonchev–Trinajstić information content (AvgIpc) is 2.90. The first kappa shape index (κ1) is 26.2. The second-order valence-electron chi connectivity index (χ2n) is 10.2. The zero-order valence-corrected chi connectivity index (χ0v) is 23.7. The SMILES string of the molecule is C[N+](C)(C)Cc1cc(-c2[nH+]n(-c3ccc(S([O-])=C4C=CC(=O)C=C4)cc3)c(=O)c3ccccc23)ccc1Br. The van der Waals surface area contributed by atoms with Gasteiger partial charge in [0.1, 0.15) is 12.2 Å². The van der Waals surface area contributed by atoms with Crippen LogP contribution in [0.25, 0.3) is 27.7 Å². The summed E-state index contributed by atoms with van der Waals surface area (Å²) in [6, 6.07) is 20.8. The van der Waals surface area contributed by atoms with E-state index >= 15 is 0 Å². The Morgan fingerprint density at radius 2 is 1.55 bits per heavy atom. The molecule has 4 aromatic rings. The third kappa shape index (κ3) is 5.39. The Hall–Kier alpha value is -3.43. The van der Waals surface area contributed by atoms with Gasteiger partial charge >= 0.3 is 5.56 Å². The number of carbonyl (C=O) groups is 1. The van der Waals surface area contributed by atoms with Gasteiger partial charge in [0.15, 0.2) is 5.78 Å². The normalized spacial score (nSPS) is 14.3. The number of hydrogen-bond donors (Lipinski definition) is 0. The Balaban J connectivity index is 1.62. The topological polar surface area (TPSA) is 76.3 Å². The van der Waals surface area contributed by atoms with Gasteiger partial charge in [0, 0.05) is 15.6 Å². The molecule has 3 aromatic carbocycles. The second-order valence-corrected chi connectivity index (χ2v) is 12.5. The summed E-state index contributed by atoms with van der Waals surface area (Å²) in [6.45, 7) is 0.835. The van der Waals surface area contributed by atoms with E-state index in [-0.39, 0.29) is 11.3 Å². The van der Waals surface area contributed by atoms with Crippen LogP contribution in [0.3, 0.4) is 0 Å². The van der Waals surface area contributed by atoms with E-state index in [0.29, 0.717) is 20.8 Å². The van der Waals surface area contributed by atoms with Gasteiger partial charge in [-0.3, -0.25) is 9.59 Å². The van der Waals surface area contributed by atoms with Crippen molar-refractivity contribution in [2.24, 2.45) is 0 Å². The van der Waals surface area contributed by atoms with E-state index in [1.54, 1.807) is 36.4 Å². The first-order chi connectivity index (χ1) is 18.1. The predicted octanol–water partition coefficient (Wildman–Crippen LogP) is 5.07. The maximum Gasteiger partial charge on any atom is 0.314 e. The van der Waals surface area contributed by atoms with E-state index in [1.165, 1.54) is 22.4 Å².